The van der Waals surface area contributed by atoms with Gasteiger partial charge in [-0.05, 0) is 24.1 Å². The van der Waals surface area contributed by atoms with Crippen molar-refractivity contribution in [2.24, 2.45) is 0 Å². The SMILES string of the molecule is CCN1CC(Oc2ccc3c(c2C(=O)O)OC(C)(O)C[C@@H]3C)C1. The summed E-state index contributed by atoms with van der Waals surface area (Å²) in [6, 6.07) is 3.55. The van der Waals surface area contributed by atoms with Gasteiger partial charge in [0, 0.05) is 26.4 Å². The maximum atomic E-state index is 11.8. The van der Waals surface area contributed by atoms with Crippen molar-refractivity contribution in [3.8, 4) is 11.5 Å². The van der Waals surface area contributed by atoms with Crippen LogP contribution in [0.15, 0.2) is 12.1 Å². The molecule has 1 unspecified atom stereocenters. The molecule has 0 aromatic heterocycles. The van der Waals surface area contributed by atoms with Crippen molar-refractivity contribution >= 4 is 5.97 Å². The van der Waals surface area contributed by atoms with E-state index < -0.39 is 11.8 Å². The largest absolute Gasteiger partial charge is 0.487 e. The summed E-state index contributed by atoms with van der Waals surface area (Å²) in [4.78, 5) is 14.0. The number of aromatic carboxylic acids is 1. The molecule has 6 nitrogen and oxygen atoms in total. The Hall–Kier alpha value is -1.79. The number of carboxylic acids is 1. The van der Waals surface area contributed by atoms with Gasteiger partial charge in [0.1, 0.15) is 23.2 Å². The second-order valence-electron chi connectivity index (χ2n) is 6.64. The van der Waals surface area contributed by atoms with Crippen LogP contribution in [0, 0.1) is 0 Å². The zero-order chi connectivity index (χ0) is 16.8. The molecule has 126 valence electrons. The summed E-state index contributed by atoms with van der Waals surface area (Å²) in [6.45, 7) is 8.13. The van der Waals surface area contributed by atoms with Gasteiger partial charge in [-0.25, -0.2) is 4.79 Å². The predicted octanol–water partition coefficient (Wildman–Crippen LogP) is 2.06. The molecule has 0 amide bonds. The fraction of sp³-hybridized carbons (Fsp3) is 0.588. The smallest absolute Gasteiger partial charge is 0.343 e. The predicted molar refractivity (Wildman–Crippen MR) is 84.2 cm³/mol. The Morgan fingerprint density at radius 1 is 1.48 bits per heavy atom. The molecule has 0 aliphatic carbocycles. The highest BCUT2D eigenvalue weighted by Crippen LogP contribution is 2.45. The van der Waals surface area contributed by atoms with Gasteiger partial charge in [-0.3, -0.25) is 4.90 Å². The van der Waals surface area contributed by atoms with Crippen LogP contribution in [0.3, 0.4) is 0 Å². The van der Waals surface area contributed by atoms with Crippen molar-refractivity contribution in [2.75, 3.05) is 19.6 Å². The number of nitrogens with zero attached hydrogens (tertiary/aromatic N) is 1. The molecule has 23 heavy (non-hydrogen) atoms. The Kier molecular flexibility index (Phi) is 3.98. The van der Waals surface area contributed by atoms with E-state index in [2.05, 4.69) is 11.8 Å². The molecule has 0 radical (unpaired) electrons. The fourth-order valence-corrected chi connectivity index (χ4v) is 3.35. The van der Waals surface area contributed by atoms with E-state index in [1.807, 2.05) is 13.0 Å². The lowest BCUT2D eigenvalue weighted by atomic mass is 9.88. The van der Waals surface area contributed by atoms with E-state index in [1.165, 1.54) is 0 Å². The first kappa shape index (κ1) is 16.1. The Labute approximate surface area is 135 Å². The molecule has 1 aromatic carbocycles. The van der Waals surface area contributed by atoms with Gasteiger partial charge in [0.15, 0.2) is 0 Å². The molecule has 2 aliphatic heterocycles. The van der Waals surface area contributed by atoms with Crippen LogP contribution < -0.4 is 9.47 Å². The second-order valence-corrected chi connectivity index (χ2v) is 6.64. The third kappa shape index (κ3) is 3.01. The molecule has 2 N–H and O–H groups in total. The van der Waals surface area contributed by atoms with Gasteiger partial charge in [0.05, 0.1) is 0 Å². The highest BCUT2D eigenvalue weighted by Gasteiger charge is 2.38. The lowest BCUT2D eigenvalue weighted by Gasteiger charge is -2.39. The van der Waals surface area contributed by atoms with Gasteiger partial charge in [0.2, 0.25) is 5.79 Å². The molecule has 3 rings (SSSR count). The molecule has 2 aliphatic rings. The molecule has 0 bridgehead atoms. The minimum atomic E-state index is -1.37. The van der Waals surface area contributed by atoms with Gasteiger partial charge in [0.25, 0.3) is 0 Å². The molecule has 2 heterocycles. The minimum Gasteiger partial charge on any atom is -0.487 e. The zero-order valence-electron chi connectivity index (χ0n) is 13.7. The van der Waals surface area contributed by atoms with Crippen molar-refractivity contribution in [3.05, 3.63) is 23.3 Å². The number of ether oxygens (including phenoxy) is 2. The maximum Gasteiger partial charge on any atom is 0.343 e. The summed E-state index contributed by atoms with van der Waals surface area (Å²) in [6.07, 6.45) is 0.417. The first-order valence-corrected chi connectivity index (χ1v) is 8.01. The average Bonchev–Trinajstić information content (AvgIpc) is 2.39. The number of aliphatic hydroxyl groups is 1. The number of likely N-dealkylation sites (tertiary alicyclic amines) is 1. The van der Waals surface area contributed by atoms with Crippen molar-refractivity contribution in [3.63, 3.8) is 0 Å². The summed E-state index contributed by atoms with van der Waals surface area (Å²) in [5, 5.41) is 19.9. The van der Waals surface area contributed by atoms with Crippen LogP contribution in [0.25, 0.3) is 0 Å². The van der Waals surface area contributed by atoms with Crippen molar-refractivity contribution in [2.45, 2.75) is 45.0 Å². The second kappa shape index (κ2) is 5.69. The van der Waals surface area contributed by atoms with Crippen LogP contribution in [0.5, 0.6) is 11.5 Å². The van der Waals surface area contributed by atoms with E-state index in [9.17, 15) is 15.0 Å². The topological polar surface area (TPSA) is 79.2 Å². The molecule has 1 aromatic rings. The van der Waals surface area contributed by atoms with E-state index >= 15 is 0 Å². The van der Waals surface area contributed by atoms with Crippen LogP contribution >= 0.6 is 0 Å². The lowest BCUT2D eigenvalue weighted by molar-refractivity contribution is -0.139. The van der Waals surface area contributed by atoms with Crippen molar-refractivity contribution < 1.29 is 24.5 Å². The standard InChI is InChI=1S/C17H23NO5/c1-4-18-8-11(9-18)22-13-6-5-12-10(2)7-17(3,21)23-15(12)14(13)16(19)20/h5-6,10-11,21H,4,7-9H2,1-3H3,(H,19,20)/t10-,17?/m0/s1. The summed E-state index contributed by atoms with van der Waals surface area (Å²) >= 11 is 0. The highest BCUT2D eigenvalue weighted by atomic mass is 16.6. The van der Waals surface area contributed by atoms with Gasteiger partial charge in [-0.2, -0.15) is 0 Å². The van der Waals surface area contributed by atoms with E-state index in [0.717, 1.165) is 25.2 Å². The monoisotopic (exact) mass is 321 g/mol. The van der Waals surface area contributed by atoms with Gasteiger partial charge in [-0.1, -0.05) is 19.9 Å². The van der Waals surface area contributed by atoms with Crippen LogP contribution in [0.1, 0.15) is 49.0 Å². The third-order valence-electron chi connectivity index (χ3n) is 4.57. The van der Waals surface area contributed by atoms with Crippen LogP contribution in [0.2, 0.25) is 0 Å². The highest BCUT2D eigenvalue weighted by molar-refractivity contribution is 5.95. The summed E-state index contributed by atoms with van der Waals surface area (Å²) in [5.41, 5.74) is 0.800. The molecular weight excluding hydrogens is 298 g/mol. The normalized spacial score (nSPS) is 27.7. The number of carboxylic acid groups (broad SMARTS) is 1. The van der Waals surface area contributed by atoms with Crippen LogP contribution in [-0.2, 0) is 0 Å². The fourth-order valence-electron chi connectivity index (χ4n) is 3.35. The molecule has 1 saturated heterocycles. The van der Waals surface area contributed by atoms with Gasteiger partial charge in [-0.15, -0.1) is 0 Å². The number of carbonyl (C=O) groups is 1. The number of rotatable bonds is 4. The van der Waals surface area contributed by atoms with Crippen molar-refractivity contribution in [1.82, 2.24) is 4.90 Å². The molecule has 0 saturated carbocycles. The number of benzene rings is 1. The van der Waals surface area contributed by atoms with Crippen LogP contribution in [-0.4, -0.2) is 52.6 Å². The minimum absolute atomic E-state index is 0.00396. The van der Waals surface area contributed by atoms with E-state index in [-0.39, 0.29) is 23.3 Å². The van der Waals surface area contributed by atoms with Gasteiger partial charge >= 0.3 is 5.97 Å². The molecular formula is C17H23NO5. The molecule has 0 spiro atoms. The number of hydrogen-bond donors (Lipinski definition) is 2. The maximum absolute atomic E-state index is 11.8. The average molecular weight is 321 g/mol. The first-order valence-electron chi connectivity index (χ1n) is 8.01. The Morgan fingerprint density at radius 3 is 2.78 bits per heavy atom. The summed E-state index contributed by atoms with van der Waals surface area (Å²) in [5.74, 6) is -1.93. The zero-order valence-corrected chi connectivity index (χ0v) is 13.7. The van der Waals surface area contributed by atoms with Crippen molar-refractivity contribution in [1.29, 1.82) is 0 Å². The third-order valence-corrected chi connectivity index (χ3v) is 4.57. The van der Waals surface area contributed by atoms with E-state index in [4.69, 9.17) is 9.47 Å². The Morgan fingerprint density at radius 2 is 2.17 bits per heavy atom. The summed E-state index contributed by atoms with van der Waals surface area (Å²) < 4.78 is 11.4. The van der Waals surface area contributed by atoms with E-state index in [0.29, 0.717) is 12.2 Å². The first-order chi connectivity index (χ1) is 10.8. The van der Waals surface area contributed by atoms with Crippen LogP contribution in [0.4, 0.5) is 0 Å². The Balaban J connectivity index is 1.94. The number of fused-ring (bicyclic) bond motifs is 1. The number of hydrogen-bond acceptors (Lipinski definition) is 5. The van der Waals surface area contributed by atoms with Gasteiger partial charge < -0.3 is 19.7 Å². The molecule has 2 atom stereocenters. The number of likely N-dealkylation sites (N-methyl/N-ethyl adjacent to an activating group) is 1. The summed E-state index contributed by atoms with van der Waals surface area (Å²) in [7, 11) is 0. The Bertz CT molecular complexity index is 622. The molecule has 1 fully saturated rings. The van der Waals surface area contributed by atoms with E-state index in [1.54, 1.807) is 13.0 Å². The molecule has 6 heteroatoms. The lowest BCUT2D eigenvalue weighted by Crippen LogP contribution is -2.53. The quantitative estimate of drug-likeness (QED) is 0.884.